The second-order valence-corrected chi connectivity index (χ2v) is 3.27. The monoisotopic (exact) mass is 283 g/mol. The number of alkyl halides is 2. The predicted octanol–water partition coefficient (Wildman–Crippen LogP) is 2.71. The highest BCUT2D eigenvalue weighted by Crippen LogP contribution is 2.28. The van der Waals surface area contributed by atoms with Gasteiger partial charge >= 0.3 is 5.97 Å². The minimum atomic E-state index is -3.03. The molecule has 0 spiro atoms. The standard InChI is InChI=1S/C8H5BrF3NO2/c1-15-8(14)3-2-13-6(7(11)12)5(10)4(3)9/h2,7H,1H3. The zero-order valence-corrected chi connectivity index (χ0v) is 9.02. The van der Waals surface area contributed by atoms with Crippen LogP contribution in [0.3, 0.4) is 0 Å². The van der Waals surface area contributed by atoms with Crippen molar-refractivity contribution in [3.05, 3.63) is 27.7 Å². The lowest BCUT2D eigenvalue weighted by atomic mass is 10.2. The van der Waals surface area contributed by atoms with Crippen LogP contribution in [0.2, 0.25) is 0 Å². The lowest BCUT2D eigenvalue weighted by molar-refractivity contribution is 0.0597. The maximum Gasteiger partial charge on any atom is 0.340 e. The van der Waals surface area contributed by atoms with E-state index in [1.165, 1.54) is 0 Å². The van der Waals surface area contributed by atoms with Crippen LogP contribution in [0.1, 0.15) is 22.5 Å². The Labute approximate surface area is 91.4 Å². The molecule has 0 bridgehead atoms. The van der Waals surface area contributed by atoms with Crippen LogP contribution in [-0.2, 0) is 4.74 Å². The number of halogens is 4. The van der Waals surface area contributed by atoms with Crippen LogP contribution in [0, 0.1) is 5.82 Å². The second kappa shape index (κ2) is 4.61. The number of ether oxygens (including phenoxy) is 1. The van der Waals surface area contributed by atoms with E-state index in [1.54, 1.807) is 0 Å². The number of esters is 1. The van der Waals surface area contributed by atoms with Crippen molar-refractivity contribution in [2.45, 2.75) is 6.43 Å². The highest BCUT2D eigenvalue weighted by molar-refractivity contribution is 9.10. The van der Waals surface area contributed by atoms with Gasteiger partial charge in [-0.25, -0.2) is 18.0 Å². The Morgan fingerprint density at radius 2 is 2.20 bits per heavy atom. The van der Waals surface area contributed by atoms with Gasteiger partial charge in [0, 0.05) is 6.20 Å². The number of pyridine rings is 1. The van der Waals surface area contributed by atoms with Crippen LogP contribution < -0.4 is 0 Å². The average Bonchev–Trinajstić information content (AvgIpc) is 2.20. The van der Waals surface area contributed by atoms with Gasteiger partial charge in [0.05, 0.1) is 17.1 Å². The van der Waals surface area contributed by atoms with E-state index < -0.39 is 23.9 Å². The molecule has 0 aliphatic rings. The Morgan fingerprint density at radius 3 is 2.67 bits per heavy atom. The molecule has 0 aliphatic heterocycles. The normalized spacial score (nSPS) is 10.5. The largest absolute Gasteiger partial charge is 0.465 e. The average molecular weight is 284 g/mol. The fraction of sp³-hybridized carbons (Fsp3) is 0.250. The number of hydrogen-bond donors (Lipinski definition) is 0. The summed E-state index contributed by atoms with van der Waals surface area (Å²) in [6.45, 7) is 0. The SMILES string of the molecule is COC(=O)c1cnc(C(F)F)c(F)c1Br. The first-order chi connectivity index (χ1) is 6.99. The van der Waals surface area contributed by atoms with Crippen molar-refractivity contribution in [1.29, 1.82) is 0 Å². The zero-order chi connectivity index (χ0) is 11.6. The van der Waals surface area contributed by atoms with Gasteiger partial charge in [0.25, 0.3) is 6.43 Å². The zero-order valence-electron chi connectivity index (χ0n) is 7.43. The van der Waals surface area contributed by atoms with E-state index in [-0.39, 0.29) is 10.0 Å². The maximum atomic E-state index is 13.2. The summed E-state index contributed by atoms with van der Waals surface area (Å²) in [7, 11) is 1.09. The number of methoxy groups -OCH3 is 1. The number of hydrogen-bond acceptors (Lipinski definition) is 3. The summed E-state index contributed by atoms with van der Waals surface area (Å²) < 4.78 is 41.5. The highest BCUT2D eigenvalue weighted by atomic mass is 79.9. The van der Waals surface area contributed by atoms with E-state index in [1.807, 2.05) is 0 Å². The van der Waals surface area contributed by atoms with E-state index in [9.17, 15) is 18.0 Å². The van der Waals surface area contributed by atoms with Crippen LogP contribution in [0.25, 0.3) is 0 Å². The Kier molecular flexibility index (Phi) is 3.67. The van der Waals surface area contributed by atoms with Crippen LogP contribution in [0.15, 0.2) is 10.7 Å². The Hall–Kier alpha value is -1.11. The van der Waals surface area contributed by atoms with Gasteiger partial charge < -0.3 is 4.74 Å². The molecule has 1 heterocycles. The lowest BCUT2D eigenvalue weighted by Crippen LogP contribution is -2.07. The summed E-state index contributed by atoms with van der Waals surface area (Å²) in [4.78, 5) is 14.2. The minimum absolute atomic E-state index is 0.237. The molecule has 0 radical (unpaired) electrons. The number of rotatable bonds is 2. The highest BCUT2D eigenvalue weighted by Gasteiger charge is 2.22. The van der Waals surface area contributed by atoms with Gasteiger partial charge in [-0.2, -0.15) is 0 Å². The van der Waals surface area contributed by atoms with Gasteiger partial charge in [-0.05, 0) is 15.9 Å². The van der Waals surface area contributed by atoms with Crippen molar-refractivity contribution in [3.63, 3.8) is 0 Å². The van der Waals surface area contributed by atoms with Crippen molar-refractivity contribution >= 4 is 21.9 Å². The molecule has 0 aliphatic carbocycles. The summed E-state index contributed by atoms with van der Waals surface area (Å²) in [5.74, 6) is -2.11. The molecule has 1 aromatic rings. The lowest BCUT2D eigenvalue weighted by Gasteiger charge is -2.06. The van der Waals surface area contributed by atoms with Gasteiger partial charge in [-0.15, -0.1) is 0 Å². The van der Waals surface area contributed by atoms with E-state index in [0.717, 1.165) is 13.3 Å². The van der Waals surface area contributed by atoms with Gasteiger partial charge in [0.2, 0.25) is 0 Å². The Balaban J connectivity index is 3.27. The van der Waals surface area contributed by atoms with Crippen molar-refractivity contribution in [2.75, 3.05) is 7.11 Å². The van der Waals surface area contributed by atoms with Crippen LogP contribution in [0.4, 0.5) is 13.2 Å². The first kappa shape index (κ1) is 12.0. The van der Waals surface area contributed by atoms with Gasteiger partial charge in [0.15, 0.2) is 5.82 Å². The molecule has 0 saturated heterocycles. The molecular formula is C8H5BrF3NO2. The van der Waals surface area contributed by atoms with E-state index >= 15 is 0 Å². The topological polar surface area (TPSA) is 39.2 Å². The maximum absolute atomic E-state index is 13.2. The van der Waals surface area contributed by atoms with Gasteiger partial charge in [-0.3, -0.25) is 4.98 Å². The third-order valence-electron chi connectivity index (χ3n) is 1.60. The Morgan fingerprint density at radius 1 is 1.60 bits per heavy atom. The van der Waals surface area contributed by atoms with E-state index in [4.69, 9.17) is 0 Å². The van der Waals surface area contributed by atoms with Crippen molar-refractivity contribution in [2.24, 2.45) is 0 Å². The van der Waals surface area contributed by atoms with Crippen molar-refractivity contribution in [3.8, 4) is 0 Å². The first-order valence-corrected chi connectivity index (χ1v) is 4.48. The third kappa shape index (κ3) is 2.28. The molecule has 0 unspecified atom stereocenters. The van der Waals surface area contributed by atoms with Gasteiger partial charge in [0.1, 0.15) is 5.69 Å². The smallest absolute Gasteiger partial charge is 0.340 e. The molecule has 0 amide bonds. The van der Waals surface area contributed by atoms with Crippen LogP contribution >= 0.6 is 15.9 Å². The van der Waals surface area contributed by atoms with E-state index in [2.05, 4.69) is 25.7 Å². The molecule has 1 rings (SSSR count). The van der Waals surface area contributed by atoms with Crippen molar-refractivity contribution < 1.29 is 22.7 Å². The molecule has 0 atom stereocenters. The molecule has 82 valence electrons. The first-order valence-electron chi connectivity index (χ1n) is 3.69. The fourth-order valence-electron chi connectivity index (χ4n) is 0.883. The molecule has 0 saturated carbocycles. The quantitative estimate of drug-likeness (QED) is 0.784. The van der Waals surface area contributed by atoms with Crippen LogP contribution in [-0.4, -0.2) is 18.1 Å². The molecule has 1 aromatic heterocycles. The summed E-state index contributed by atoms with van der Waals surface area (Å²) in [5.41, 5.74) is -1.24. The number of carbonyl (C=O) groups is 1. The van der Waals surface area contributed by atoms with E-state index in [0.29, 0.717) is 0 Å². The molecule has 0 aromatic carbocycles. The minimum Gasteiger partial charge on any atom is -0.465 e. The molecule has 15 heavy (non-hydrogen) atoms. The predicted molar refractivity (Wildman–Crippen MR) is 48.2 cm³/mol. The van der Waals surface area contributed by atoms with Gasteiger partial charge in [-0.1, -0.05) is 0 Å². The van der Waals surface area contributed by atoms with Crippen molar-refractivity contribution in [1.82, 2.24) is 4.98 Å². The molecule has 0 fully saturated rings. The second-order valence-electron chi connectivity index (χ2n) is 2.48. The van der Waals surface area contributed by atoms with Crippen LogP contribution in [0.5, 0.6) is 0 Å². The fourth-order valence-corrected chi connectivity index (χ4v) is 1.35. The third-order valence-corrected chi connectivity index (χ3v) is 2.37. The molecule has 0 N–H and O–H groups in total. The molecule has 7 heteroatoms. The summed E-state index contributed by atoms with van der Waals surface area (Å²) >= 11 is 2.69. The molecular weight excluding hydrogens is 279 g/mol. The Bertz CT molecular complexity index is 398. The number of nitrogens with zero attached hydrogens (tertiary/aromatic N) is 1. The summed E-state index contributed by atoms with van der Waals surface area (Å²) in [5, 5.41) is 0. The number of carbonyl (C=O) groups excluding carboxylic acids is 1. The molecule has 3 nitrogen and oxygen atoms in total. The summed E-state index contributed by atoms with van der Waals surface area (Å²) in [6, 6.07) is 0. The number of aromatic nitrogens is 1. The summed E-state index contributed by atoms with van der Waals surface area (Å²) in [6.07, 6.45) is -2.20.